The molecule has 0 amide bonds. The van der Waals surface area contributed by atoms with E-state index < -0.39 is 0 Å². The van der Waals surface area contributed by atoms with Crippen molar-refractivity contribution in [3.05, 3.63) is 35.7 Å². The Labute approximate surface area is 120 Å². The lowest BCUT2D eigenvalue weighted by molar-refractivity contribution is 0.423. The molecule has 0 aliphatic carbocycles. The van der Waals surface area contributed by atoms with Gasteiger partial charge < -0.3 is 10.3 Å². The van der Waals surface area contributed by atoms with E-state index in [4.69, 9.17) is 10.3 Å². The van der Waals surface area contributed by atoms with Crippen LogP contribution in [0, 0.1) is 0 Å². The number of aromatic nitrogens is 2. The van der Waals surface area contributed by atoms with Gasteiger partial charge in [0.1, 0.15) is 0 Å². The highest BCUT2D eigenvalue weighted by atomic mass is 32.2. The van der Waals surface area contributed by atoms with Crippen molar-refractivity contribution in [2.24, 2.45) is 5.73 Å². The largest absolute Gasteiger partial charge is 0.334 e. The van der Waals surface area contributed by atoms with Gasteiger partial charge in [0.15, 0.2) is 5.82 Å². The number of rotatable bonds is 3. The highest BCUT2D eigenvalue weighted by Crippen LogP contribution is 2.35. The van der Waals surface area contributed by atoms with Gasteiger partial charge in [-0.3, -0.25) is 0 Å². The summed E-state index contributed by atoms with van der Waals surface area (Å²) in [5, 5.41) is 4.47. The van der Waals surface area contributed by atoms with Gasteiger partial charge in [0.05, 0.1) is 5.25 Å². The molecule has 0 radical (unpaired) electrons. The van der Waals surface area contributed by atoms with E-state index in [-0.39, 0.29) is 0 Å². The third-order valence-electron chi connectivity index (χ3n) is 2.98. The topological polar surface area (TPSA) is 64.9 Å². The maximum atomic E-state index is 5.58. The average molecular weight is 293 g/mol. The highest BCUT2D eigenvalue weighted by molar-refractivity contribution is 8.06. The fourth-order valence-electron chi connectivity index (χ4n) is 1.90. The Hall–Kier alpha value is -0.980. The van der Waals surface area contributed by atoms with Crippen LogP contribution in [0.5, 0.6) is 0 Å². The minimum atomic E-state index is 0.361. The molecule has 2 N–H and O–H groups in total. The molecule has 3 rings (SSSR count). The Kier molecular flexibility index (Phi) is 4.10. The van der Waals surface area contributed by atoms with E-state index in [0.29, 0.717) is 17.7 Å². The zero-order valence-electron chi connectivity index (χ0n) is 10.4. The molecular weight excluding hydrogens is 278 g/mol. The normalized spacial score (nSPS) is 19.5. The third kappa shape index (κ3) is 2.96. The second-order valence-electron chi connectivity index (χ2n) is 4.29. The fourth-order valence-corrected chi connectivity index (χ4v) is 4.49. The van der Waals surface area contributed by atoms with Gasteiger partial charge in [-0.15, -0.1) is 11.8 Å². The van der Waals surface area contributed by atoms with Crippen molar-refractivity contribution in [3.63, 3.8) is 0 Å². The van der Waals surface area contributed by atoms with E-state index in [1.165, 1.54) is 5.75 Å². The van der Waals surface area contributed by atoms with E-state index in [9.17, 15) is 0 Å². The number of benzene rings is 1. The van der Waals surface area contributed by atoms with Crippen LogP contribution in [0.2, 0.25) is 0 Å². The van der Waals surface area contributed by atoms with Crippen molar-refractivity contribution in [1.82, 2.24) is 10.1 Å². The molecule has 4 nitrogen and oxygen atoms in total. The summed E-state index contributed by atoms with van der Waals surface area (Å²) in [4.78, 5) is 4.52. The average Bonchev–Trinajstić information content (AvgIpc) is 2.98. The van der Waals surface area contributed by atoms with Crippen molar-refractivity contribution >= 4 is 23.5 Å². The van der Waals surface area contributed by atoms with Crippen LogP contribution in [0.1, 0.15) is 16.6 Å². The van der Waals surface area contributed by atoms with E-state index in [1.54, 1.807) is 0 Å². The molecule has 0 spiro atoms. The summed E-state index contributed by atoms with van der Waals surface area (Å²) in [6.07, 6.45) is 0. The predicted molar refractivity (Wildman–Crippen MR) is 80.1 cm³/mol. The first kappa shape index (κ1) is 13.0. The first-order chi connectivity index (χ1) is 9.36. The Bertz CT molecular complexity index is 535. The summed E-state index contributed by atoms with van der Waals surface area (Å²) < 4.78 is 5.36. The lowest BCUT2D eigenvalue weighted by atomic mass is 10.1. The molecule has 1 fully saturated rings. The monoisotopic (exact) mass is 293 g/mol. The van der Waals surface area contributed by atoms with Gasteiger partial charge in [-0.25, -0.2) is 0 Å². The first-order valence-corrected chi connectivity index (χ1v) is 8.39. The molecule has 2 aromatic rings. The van der Waals surface area contributed by atoms with E-state index in [1.807, 2.05) is 47.8 Å². The van der Waals surface area contributed by atoms with Gasteiger partial charge in [-0.2, -0.15) is 16.7 Å². The summed E-state index contributed by atoms with van der Waals surface area (Å²) >= 11 is 3.86. The summed E-state index contributed by atoms with van der Waals surface area (Å²) in [5.74, 6) is 4.84. The summed E-state index contributed by atoms with van der Waals surface area (Å²) in [7, 11) is 0. The van der Waals surface area contributed by atoms with Crippen molar-refractivity contribution in [2.45, 2.75) is 11.8 Å². The molecule has 1 aromatic heterocycles. The van der Waals surface area contributed by atoms with Crippen LogP contribution >= 0.6 is 23.5 Å². The summed E-state index contributed by atoms with van der Waals surface area (Å²) in [5.41, 5.74) is 7.63. The van der Waals surface area contributed by atoms with Gasteiger partial charge in [0.25, 0.3) is 5.89 Å². The smallest absolute Gasteiger partial charge is 0.257 e. The molecule has 1 aliphatic rings. The van der Waals surface area contributed by atoms with Crippen LogP contribution in [-0.2, 0) is 6.54 Å². The van der Waals surface area contributed by atoms with Gasteiger partial charge in [0, 0.05) is 29.4 Å². The molecule has 0 bridgehead atoms. The van der Waals surface area contributed by atoms with Crippen LogP contribution in [0.3, 0.4) is 0 Å². The summed E-state index contributed by atoms with van der Waals surface area (Å²) in [6, 6.07) is 7.93. The molecular formula is C13H15N3OS2. The highest BCUT2D eigenvalue weighted by Gasteiger charge is 2.22. The second kappa shape index (κ2) is 5.98. The number of hydrogen-bond donors (Lipinski definition) is 1. The number of hydrogen-bond acceptors (Lipinski definition) is 6. The molecule has 0 saturated carbocycles. The Balaban J connectivity index is 1.79. The fraction of sp³-hybridized carbons (Fsp3) is 0.385. The van der Waals surface area contributed by atoms with Gasteiger partial charge >= 0.3 is 0 Å². The lowest BCUT2D eigenvalue weighted by Crippen LogP contribution is -2.07. The minimum absolute atomic E-state index is 0.361. The zero-order chi connectivity index (χ0) is 13.1. The minimum Gasteiger partial charge on any atom is -0.334 e. The van der Waals surface area contributed by atoms with Gasteiger partial charge in [-0.1, -0.05) is 17.3 Å². The molecule has 19 heavy (non-hydrogen) atoms. The standard InChI is InChI=1S/C13H15N3OS2/c14-7-9-1-3-10(4-2-9)13-15-12(16-17-13)11-8-18-5-6-19-11/h1-4,11H,5-8,14H2. The van der Waals surface area contributed by atoms with Gasteiger partial charge in [-0.05, 0) is 17.7 Å². The maximum absolute atomic E-state index is 5.58. The molecule has 1 aromatic carbocycles. The molecule has 1 saturated heterocycles. The van der Waals surface area contributed by atoms with Crippen LogP contribution in [0.25, 0.3) is 11.5 Å². The van der Waals surface area contributed by atoms with Crippen LogP contribution in [0.15, 0.2) is 28.8 Å². The van der Waals surface area contributed by atoms with E-state index >= 15 is 0 Å². The number of nitrogens with zero attached hydrogens (tertiary/aromatic N) is 2. The molecule has 6 heteroatoms. The Morgan fingerprint density at radius 3 is 2.79 bits per heavy atom. The lowest BCUT2D eigenvalue weighted by Gasteiger charge is -2.16. The molecule has 2 heterocycles. The van der Waals surface area contributed by atoms with Gasteiger partial charge in [0.2, 0.25) is 0 Å². The Morgan fingerprint density at radius 1 is 1.26 bits per heavy atom. The third-order valence-corrected chi connectivity index (χ3v) is 5.73. The van der Waals surface area contributed by atoms with Crippen LogP contribution in [0.4, 0.5) is 0 Å². The summed E-state index contributed by atoms with van der Waals surface area (Å²) in [6.45, 7) is 0.547. The molecule has 1 unspecified atom stereocenters. The van der Waals surface area contributed by atoms with Crippen molar-refractivity contribution < 1.29 is 4.52 Å². The molecule has 100 valence electrons. The van der Waals surface area contributed by atoms with Crippen molar-refractivity contribution in [3.8, 4) is 11.5 Å². The SMILES string of the molecule is NCc1ccc(-c2nc(C3CSCCS3)no2)cc1. The van der Waals surface area contributed by atoms with Crippen molar-refractivity contribution in [2.75, 3.05) is 17.3 Å². The Morgan fingerprint density at radius 2 is 2.11 bits per heavy atom. The number of nitrogens with two attached hydrogens (primary N) is 1. The maximum Gasteiger partial charge on any atom is 0.257 e. The quantitative estimate of drug-likeness (QED) is 0.938. The first-order valence-electron chi connectivity index (χ1n) is 6.19. The molecule has 1 aliphatic heterocycles. The van der Waals surface area contributed by atoms with Crippen LogP contribution < -0.4 is 5.73 Å². The van der Waals surface area contributed by atoms with E-state index in [0.717, 1.165) is 28.5 Å². The van der Waals surface area contributed by atoms with Crippen LogP contribution in [-0.4, -0.2) is 27.4 Å². The number of thioether (sulfide) groups is 2. The second-order valence-corrected chi connectivity index (χ2v) is 6.75. The molecule has 1 atom stereocenters. The zero-order valence-corrected chi connectivity index (χ0v) is 12.0. The van der Waals surface area contributed by atoms with E-state index in [2.05, 4.69) is 10.1 Å². The predicted octanol–water partition coefficient (Wildman–Crippen LogP) is 2.72. The van der Waals surface area contributed by atoms with Crippen molar-refractivity contribution in [1.29, 1.82) is 0 Å².